The van der Waals surface area contributed by atoms with E-state index >= 15 is 0 Å². The summed E-state index contributed by atoms with van der Waals surface area (Å²) in [6, 6.07) is 4.30. The highest BCUT2D eigenvalue weighted by atomic mass is 19.1. The summed E-state index contributed by atoms with van der Waals surface area (Å²) in [7, 11) is 6.18. The molecule has 3 aromatic rings. The van der Waals surface area contributed by atoms with Crippen LogP contribution in [0.1, 0.15) is 27.0 Å². The number of hydrogen-bond acceptors (Lipinski definition) is 7. The second-order valence-electron chi connectivity index (χ2n) is 9.11. The average Bonchev–Trinajstić information content (AvgIpc) is 3.23. The molecule has 0 aliphatic heterocycles. The van der Waals surface area contributed by atoms with Gasteiger partial charge in [0.05, 0.1) is 30.1 Å². The summed E-state index contributed by atoms with van der Waals surface area (Å²) >= 11 is 0. The summed E-state index contributed by atoms with van der Waals surface area (Å²) in [5.74, 6) is -0.839. The molecule has 12 nitrogen and oxygen atoms in total. The number of rotatable bonds is 10. The Balaban J connectivity index is 0.00000560. The van der Waals surface area contributed by atoms with E-state index in [2.05, 4.69) is 15.3 Å². The fraction of sp³-hybridized carbons (Fsp3) is 0.385. The van der Waals surface area contributed by atoms with Crippen LogP contribution in [0.4, 0.5) is 14.9 Å². The van der Waals surface area contributed by atoms with Gasteiger partial charge in [0, 0.05) is 42.2 Å². The number of nitrogens with zero attached hydrogens (tertiary/aromatic N) is 6. The number of hydrogen-bond donors (Lipinski definition) is 1. The van der Waals surface area contributed by atoms with Gasteiger partial charge >= 0.3 is 6.09 Å². The van der Waals surface area contributed by atoms with Crippen LogP contribution >= 0.6 is 0 Å². The minimum absolute atomic E-state index is 0. The molecule has 39 heavy (non-hydrogen) atoms. The molecule has 210 valence electrons. The van der Waals surface area contributed by atoms with Crippen LogP contribution in [-0.2, 0) is 27.4 Å². The van der Waals surface area contributed by atoms with Crippen molar-refractivity contribution in [2.24, 2.45) is 0 Å². The van der Waals surface area contributed by atoms with Crippen molar-refractivity contribution >= 4 is 34.6 Å². The molecular weight excluding hydrogens is 509 g/mol. The number of carbonyl (C=O) groups is 3. The lowest BCUT2D eigenvalue weighted by Crippen LogP contribution is -2.37. The predicted molar refractivity (Wildman–Crippen MR) is 145 cm³/mol. The number of aryl methyl sites for hydroxylation is 1. The van der Waals surface area contributed by atoms with Gasteiger partial charge in [0.25, 0.3) is 11.5 Å². The Kier molecular flexibility index (Phi) is 9.52. The van der Waals surface area contributed by atoms with Crippen molar-refractivity contribution in [3.63, 3.8) is 0 Å². The van der Waals surface area contributed by atoms with Crippen LogP contribution in [-0.4, -0.2) is 81.1 Å². The predicted octanol–water partition coefficient (Wildman–Crippen LogP) is 2.48. The van der Waals surface area contributed by atoms with Gasteiger partial charge in [-0.3, -0.25) is 19.0 Å². The molecule has 2 aromatic heterocycles. The number of carbonyl (C=O) groups excluding carboxylic acids is 3. The van der Waals surface area contributed by atoms with Gasteiger partial charge in [-0.05, 0) is 38.0 Å². The van der Waals surface area contributed by atoms with E-state index in [1.807, 2.05) is 11.5 Å². The maximum absolute atomic E-state index is 13.7. The van der Waals surface area contributed by atoms with E-state index in [1.54, 1.807) is 26.2 Å². The average molecular weight is 544 g/mol. The first kappa shape index (κ1) is 29.0. The zero-order valence-electron chi connectivity index (χ0n) is 22.5. The Morgan fingerprint density at radius 1 is 1.21 bits per heavy atom. The largest absolute Gasteiger partial charge is 0.436 e. The van der Waals surface area contributed by atoms with E-state index in [0.717, 1.165) is 5.52 Å². The quantitative estimate of drug-likeness (QED) is 0.389. The number of anilines is 1. The molecule has 3 rings (SSSR count). The van der Waals surface area contributed by atoms with E-state index in [1.165, 1.54) is 59.2 Å². The van der Waals surface area contributed by atoms with Gasteiger partial charge in [-0.1, -0.05) is 6.08 Å². The molecule has 2 heterocycles. The van der Waals surface area contributed by atoms with E-state index in [0.29, 0.717) is 17.9 Å². The molecule has 0 bridgehead atoms. The Morgan fingerprint density at radius 3 is 2.62 bits per heavy atom. The molecule has 0 fully saturated rings. The smallest absolute Gasteiger partial charge is 0.410 e. The molecule has 3 amide bonds. The third kappa shape index (κ3) is 7.27. The maximum atomic E-state index is 13.7. The molecule has 1 atom stereocenters. The number of benzene rings is 1. The van der Waals surface area contributed by atoms with Crippen LogP contribution in [0.2, 0.25) is 0 Å². The molecule has 1 aromatic carbocycles. The lowest BCUT2D eigenvalue weighted by atomic mass is 10.1. The Labute approximate surface area is 226 Å². The van der Waals surface area contributed by atoms with E-state index < -0.39 is 29.5 Å². The molecular formula is C26H34FN7O5. The Morgan fingerprint density at radius 2 is 1.95 bits per heavy atom. The van der Waals surface area contributed by atoms with Gasteiger partial charge in [-0.15, -0.1) is 0 Å². The fourth-order valence-corrected chi connectivity index (χ4v) is 3.69. The van der Waals surface area contributed by atoms with E-state index in [-0.39, 0.29) is 32.4 Å². The number of likely N-dealkylation sites (N-methyl/N-ethyl adjacent to an activating group) is 1. The Bertz CT molecular complexity index is 1450. The number of fused-ring (bicyclic) bond motifs is 1. The highest BCUT2D eigenvalue weighted by Gasteiger charge is 2.25. The molecule has 0 saturated carbocycles. The van der Waals surface area contributed by atoms with Crippen LogP contribution in [0.5, 0.6) is 0 Å². The number of imidazole rings is 1. The molecule has 0 radical (unpaired) electrons. The number of aromatic nitrogens is 4. The summed E-state index contributed by atoms with van der Waals surface area (Å²) in [6.45, 7) is 2.49. The van der Waals surface area contributed by atoms with Crippen molar-refractivity contribution in [1.82, 2.24) is 28.9 Å². The van der Waals surface area contributed by atoms with Crippen LogP contribution in [0.15, 0.2) is 47.7 Å². The zero-order valence-corrected chi connectivity index (χ0v) is 22.5. The number of nitrogens with one attached hydrogen (secondary N) is 1. The van der Waals surface area contributed by atoms with Gasteiger partial charge < -0.3 is 24.4 Å². The molecule has 0 aliphatic carbocycles. The summed E-state index contributed by atoms with van der Waals surface area (Å²) in [6.07, 6.45) is 3.84. The SMILES string of the molecule is CCn1c(Cn2cncc(NC(=O)[C@H](CC/C=C/C(=O)N(C)C)OC(=O)N(C)C)c2=O)nc2cc(F)ccc21.[HH]. The molecule has 1 N–H and O–H groups in total. The lowest BCUT2D eigenvalue weighted by Gasteiger charge is -2.19. The highest BCUT2D eigenvalue weighted by Crippen LogP contribution is 2.18. The van der Waals surface area contributed by atoms with E-state index in [4.69, 9.17) is 4.74 Å². The third-order valence-corrected chi connectivity index (χ3v) is 5.77. The van der Waals surface area contributed by atoms with Crippen molar-refractivity contribution in [2.45, 2.75) is 39.0 Å². The van der Waals surface area contributed by atoms with Crippen molar-refractivity contribution < 1.29 is 24.9 Å². The summed E-state index contributed by atoms with van der Waals surface area (Å²) in [5.41, 5.74) is 0.528. The Hall–Kier alpha value is -4.55. The second-order valence-corrected chi connectivity index (χ2v) is 9.11. The topological polar surface area (TPSA) is 132 Å². The van der Waals surface area contributed by atoms with Crippen LogP contribution < -0.4 is 10.9 Å². The number of amides is 3. The van der Waals surface area contributed by atoms with Crippen molar-refractivity contribution in [3.8, 4) is 0 Å². The van der Waals surface area contributed by atoms with E-state index in [9.17, 15) is 23.6 Å². The zero-order chi connectivity index (χ0) is 28.7. The van der Waals surface area contributed by atoms with Crippen LogP contribution in [0, 0.1) is 5.82 Å². The molecule has 0 unspecified atom stereocenters. The van der Waals surface area contributed by atoms with Gasteiger partial charge in [0.15, 0.2) is 6.10 Å². The number of ether oxygens (including phenoxy) is 1. The van der Waals surface area contributed by atoms with Gasteiger partial charge in [-0.2, -0.15) is 0 Å². The monoisotopic (exact) mass is 543 g/mol. The molecule has 0 spiro atoms. The van der Waals surface area contributed by atoms with Crippen LogP contribution in [0.25, 0.3) is 11.0 Å². The minimum Gasteiger partial charge on any atom is -0.436 e. The first-order valence-corrected chi connectivity index (χ1v) is 12.3. The summed E-state index contributed by atoms with van der Waals surface area (Å²) in [4.78, 5) is 61.2. The van der Waals surface area contributed by atoms with Gasteiger partial charge in [0.1, 0.15) is 17.3 Å². The molecule has 0 saturated heterocycles. The third-order valence-electron chi connectivity index (χ3n) is 5.77. The number of halogens is 1. The summed E-state index contributed by atoms with van der Waals surface area (Å²) < 4.78 is 22.1. The second kappa shape index (κ2) is 12.8. The van der Waals surface area contributed by atoms with Gasteiger partial charge in [0.2, 0.25) is 5.91 Å². The fourth-order valence-electron chi connectivity index (χ4n) is 3.69. The minimum atomic E-state index is -1.23. The van der Waals surface area contributed by atoms with Crippen LogP contribution in [0.3, 0.4) is 0 Å². The molecule has 0 aliphatic rings. The first-order chi connectivity index (χ1) is 18.5. The highest BCUT2D eigenvalue weighted by molar-refractivity contribution is 5.95. The van der Waals surface area contributed by atoms with Crippen molar-refractivity contribution in [2.75, 3.05) is 33.5 Å². The molecule has 13 heteroatoms. The normalized spacial score (nSPS) is 11.9. The van der Waals surface area contributed by atoms with Crippen molar-refractivity contribution in [1.29, 1.82) is 0 Å². The maximum Gasteiger partial charge on any atom is 0.410 e. The van der Waals surface area contributed by atoms with Gasteiger partial charge in [-0.25, -0.2) is 19.2 Å². The lowest BCUT2D eigenvalue weighted by molar-refractivity contribution is -0.125. The summed E-state index contributed by atoms with van der Waals surface area (Å²) in [5, 5.41) is 2.50. The standard InChI is InChI=1S/C26H32FN7O5.H2/c1-6-34-20-12-11-17(27)13-18(20)29-22(34)15-33-16-28-14-19(25(33)37)30-24(36)21(39-26(38)32(4)5)9-7-8-10-23(35)31(2)3;/h8,10-14,16,21H,6-7,9,15H2,1-5H3,(H,30,36);1H/b10-8+;/t21-;/m0./s1. The first-order valence-electron chi connectivity index (χ1n) is 12.3. The number of allylic oxidation sites excluding steroid dienone is 1. The van der Waals surface area contributed by atoms with Crippen molar-refractivity contribution in [3.05, 3.63) is 64.9 Å².